The molecule has 0 amide bonds. The molecule has 0 fully saturated rings. The summed E-state index contributed by atoms with van der Waals surface area (Å²) in [4.78, 5) is 11.1. The number of carboxylic acid groups (broad SMARTS) is 1. The molecule has 0 saturated heterocycles. The van der Waals surface area contributed by atoms with Crippen molar-refractivity contribution in [3.8, 4) is 22.6 Å². The summed E-state index contributed by atoms with van der Waals surface area (Å²) in [6.07, 6.45) is 4.06. The smallest absolute Gasteiger partial charge is 0.335 e. The Kier molecular flexibility index (Phi) is 4.38. The highest BCUT2D eigenvalue weighted by atomic mass is 16.5. The molecule has 1 aromatic heterocycles. The van der Waals surface area contributed by atoms with Crippen molar-refractivity contribution >= 4 is 5.97 Å². The first kappa shape index (κ1) is 15.9. The maximum Gasteiger partial charge on any atom is 0.335 e. The zero-order chi connectivity index (χ0) is 17.1. The van der Waals surface area contributed by atoms with Crippen LogP contribution in [0.5, 0.6) is 5.75 Å². The van der Waals surface area contributed by atoms with Gasteiger partial charge in [0, 0.05) is 24.1 Å². The number of aromatic carboxylic acids is 1. The van der Waals surface area contributed by atoms with Crippen molar-refractivity contribution in [1.29, 1.82) is 0 Å². The summed E-state index contributed by atoms with van der Waals surface area (Å²) in [5.74, 6) is -0.0968. The molecule has 4 heteroatoms. The van der Waals surface area contributed by atoms with E-state index in [2.05, 4.69) is 0 Å². The minimum Gasteiger partial charge on any atom is -0.491 e. The molecule has 3 rings (SSSR count). The van der Waals surface area contributed by atoms with Crippen LogP contribution in [-0.4, -0.2) is 21.7 Å². The lowest BCUT2D eigenvalue weighted by Crippen LogP contribution is -2.05. The van der Waals surface area contributed by atoms with E-state index in [9.17, 15) is 4.79 Å². The van der Waals surface area contributed by atoms with Crippen molar-refractivity contribution in [2.24, 2.45) is 0 Å². The maximum absolute atomic E-state index is 11.1. The number of hydrogen-bond acceptors (Lipinski definition) is 2. The Morgan fingerprint density at radius 1 is 1.04 bits per heavy atom. The van der Waals surface area contributed by atoms with Crippen LogP contribution in [-0.2, 0) is 0 Å². The molecule has 122 valence electrons. The monoisotopic (exact) mass is 321 g/mol. The van der Waals surface area contributed by atoms with Crippen LogP contribution in [0.1, 0.15) is 24.2 Å². The van der Waals surface area contributed by atoms with E-state index >= 15 is 0 Å². The number of ether oxygens (including phenoxy) is 1. The number of hydrogen-bond donors (Lipinski definition) is 1. The van der Waals surface area contributed by atoms with Gasteiger partial charge >= 0.3 is 5.97 Å². The molecule has 0 aliphatic heterocycles. The highest BCUT2D eigenvalue weighted by Crippen LogP contribution is 2.24. The quantitative estimate of drug-likeness (QED) is 0.745. The number of carbonyl (C=O) groups is 1. The zero-order valence-corrected chi connectivity index (χ0v) is 13.6. The number of carboxylic acids is 1. The molecule has 0 saturated carbocycles. The van der Waals surface area contributed by atoms with E-state index in [0.29, 0.717) is 0 Å². The van der Waals surface area contributed by atoms with Crippen LogP contribution in [0.25, 0.3) is 16.8 Å². The van der Waals surface area contributed by atoms with Gasteiger partial charge in [-0.05, 0) is 55.3 Å². The van der Waals surface area contributed by atoms with Gasteiger partial charge in [-0.1, -0.05) is 18.2 Å². The fraction of sp³-hybridized carbons (Fsp3) is 0.150. The van der Waals surface area contributed by atoms with Crippen molar-refractivity contribution in [3.05, 3.63) is 72.6 Å². The highest BCUT2D eigenvalue weighted by molar-refractivity contribution is 5.89. The van der Waals surface area contributed by atoms with E-state index in [1.54, 1.807) is 18.2 Å². The van der Waals surface area contributed by atoms with Crippen LogP contribution in [0, 0.1) is 0 Å². The highest BCUT2D eigenvalue weighted by Gasteiger charge is 2.07. The van der Waals surface area contributed by atoms with Crippen LogP contribution in [0.4, 0.5) is 0 Å². The average Bonchev–Trinajstić information content (AvgIpc) is 3.04. The number of rotatable bonds is 5. The molecule has 0 bridgehead atoms. The second kappa shape index (κ2) is 6.62. The Morgan fingerprint density at radius 2 is 1.83 bits per heavy atom. The Morgan fingerprint density at radius 3 is 2.58 bits per heavy atom. The minimum atomic E-state index is -0.921. The summed E-state index contributed by atoms with van der Waals surface area (Å²) < 4.78 is 7.73. The second-order valence-corrected chi connectivity index (χ2v) is 5.86. The summed E-state index contributed by atoms with van der Waals surface area (Å²) >= 11 is 0. The van der Waals surface area contributed by atoms with Crippen LogP contribution in [0.2, 0.25) is 0 Å². The summed E-state index contributed by atoms with van der Waals surface area (Å²) in [6.45, 7) is 3.99. The van der Waals surface area contributed by atoms with Gasteiger partial charge in [0.15, 0.2) is 0 Å². The van der Waals surface area contributed by atoms with Gasteiger partial charge in [-0.2, -0.15) is 0 Å². The first-order valence-corrected chi connectivity index (χ1v) is 7.82. The number of aromatic nitrogens is 1. The van der Waals surface area contributed by atoms with Crippen molar-refractivity contribution in [1.82, 2.24) is 4.57 Å². The van der Waals surface area contributed by atoms with Gasteiger partial charge in [0.1, 0.15) is 5.75 Å². The molecule has 0 spiro atoms. The third-order valence-corrected chi connectivity index (χ3v) is 3.62. The lowest BCUT2D eigenvalue weighted by atomic mass is 10.1. The van der Waals surface area contributed by atoms with Gasteiger partial charge in [0.05, 0.1) is 11.7 Å². The Bertz CT molecular complexity index is 865. The van der Waals surface area contributed by atoms with Gasteiger partial charge in [0.25, 0.3) is 0 Å². The van der Waals surface area contributed by atoms with Gasteiger partial charge in [-0.3, -0.25) is 0 Å². The molecule has 0 unspecified atom stereocenters. The van der Waals surface area contributed by atoms with Crippen molar-refractivity contribution < 1.29 is 14.6 Å². The summed E-state index contributed by atoms with van der Waals surface area (Å²) in [7, 11) is 0. The fourth-order valence-corrected chi connectivity index (χ4v) is 2.55. The second-order valence-electron chi connectivity index (χ2n) is 5.86. The lowest BCUT2D eigenvalue weighted by Gasteiger charge is -2.11. The van der Waals surface area contributed by atoms with Crippen molar-refractivity contribution in [3.63, 3.8) is 0 Å². The molecule has 1 heterocycles. The number of benzene rings is 2. The topological polar surface area (TPSA) is 51.5 Å². The summed E-state index contributed by atoms with van der Waals surface area (Å²) in [5, 5.41) is 9.12. The first-order valence-electron chi connectivity index (χ1n) is 7.82. The fourth-order valence-electron chi connectivity index (χ4n) is 2.55. The Hall–Kier alpha value is -3.01. The molecular formula is C20H19NO3. The predicted octanol–water partition coefficient (Wildman–Crippen LogP) is 4.63. The van der Waals surface area contributed by atoms with Crippen LogP contribution in [0.3, 0.4) is 0 Å². The minimum absolute atomic E-state index is 0.124. The van der Waals surface area contributed by atoms with Gasteiger partial charge in [-0.15, -0.1) is 0 Å². The molecule has 1 N–H and O–H groups in total. The lowest BCUT2D eigenvalue weighted by molar-refractivity contribution is 0.0697. The molecule has 24 heavy (non-hydrogen) atoms. The van der Waals surface area contributed by atoms with Gasteiger partial charge in [0.2, 0.25) is 0 Å². The van der Waals surface area contributed by atoms with E-state index in [1.165, 1.54) is 0 Å². The maximum atomic E-state index is 11.1. The molecule has 0 aliphatic rings. The van der Waals surface area contributed by atoms with Gasteiger partial charge in [-0.25, -0.2) is 4.79 Å². The molecule has 3 aromatic rings. The summed E-state index contributed by atoms with van der Waals surface area (Å²) in [6, 6.07) is 16.8. The molecule has 4 nitrogen and oxygen atoms in total. The van der Waals surface area contributed by atoms with Crippen LogP contribution >= 0.6 is 0 Å². The number of nitrogens with zero attached hydrogens (tertiary/aromatic N) is 1. The van der Waals surface area contributed by atoms with Crippen LogP contribution in [0.15, 0.2) is 67.0 Å². The standard InChI is InChI=1S/C20H19NO3/c1-14(2)24-19-8-4-7-18(12-19)21-10-9-17(13-21)15-5-3-6-16(11-15)20(22)23/h3-14H,1-2H3,(H,22,23). The largest absolute Gasteiger partial charge is 0.491 e. The van der Waals surface area contributed by atoms with Crippen molar-refractivity contribution in [2.45, 2.75) is 20.0 Å². The normalized spacial score (nSPS) is 10.8. The van der Waals surface area contributed by atoms with Crippen molar-refractivity contribution in [2.75, 3.05) is 0 Å². The van der Waals surface area contributed by atoms with E-state index < -0.39 is 5.97 Å². The summed E-state index contributed by atoms with van der Waals surface area (Å²) in [5.41, 5.74) is 3.12. The van der Waals surface area contributed by atoms with E-state index in [4.69, 9.17) is 9.84 Å². The zero-order valence-electron chi connectivity index (χ0n) is 13.6. The van der Waals surface area contributed by atoms with Crippen LogP contribution < -0.4 is 4.74 Å². The first-order chi connectivity index (χ1) is 11.5. The third kappa shape index (κ3) is 3.49. The van der Waals surface area contributed by atoms with E-state index in [0.717, 1.165) is 22.6 Å². The molecule has 0 aliphatic carbocycles. The molecular weight excluding hydrogens is 302 g/mol. The third-order valence-electron chi connectivity index (χ3n) is 3.62. The van der Waals surface area contributed by atoms with Gasteiger partial charge < -0.3 is 14.4 Å². The molecule has 0 atom stereocenters. The van der Waals surface area contributed by atoms with E-state index in [-0.39, 0.29) is 11.7 Å². The Labute approximate surface area is 140 Å². The molecule has 0 radical (unpaired) electrons. The SMILES string of the molecule is CC(C)Oc1cccc(-n2ccc(-c3cccc(C(=O)O)c3)c2)c1. The predicted molar refractivity (Wildman–Crippen MR) is 93.9 cm³/mol. The average molecular weight is 321 g/mol. The molecule has 2 aromatic carbocycles. The van der Waals surface area contributed by atoms with E-state index in [1.807, 2.05) is 67.2 Å². The Balaban J connectivity index is 1.91.